The van der Waals surface area contributed by atoms with Crippen LogP contribution < -0.4 is 5.73 Å². The van der Waals surface area contributed by atoms with Gasteiger partial charge in [0.25, 0.3) is 0 Å². The molecule has 3 rings (SSSR count). The van der Waals surface area contributed by atoms with Gasteiger partial charge in [-0.25, -0.2) is 4.39 Å². The number of benzene rings is 1. The Labute approximate surface area is 131 Å². The van der Waals surface area contributed by atoms with Gasteiger partial charge in [-0.2, -0.15) is 4.98 Å². The predicted molar refractivity (Wildman–Crippen MR) is 81.0 cm³/mol. The molecule has 0 radical (unpaired) electrons. The molecule has 112 valence electrons. The molecule has 0 bridgehead atoms. The molecule has 0 aliphatic heterocycles. The Balaban J connectivity index is 1.73. The lowest BCUT2D eigenvalue weighted by Gasteiger charge is -2.16. The molecule has 1 aromatic carbocycles. The average molecular weight is 354 g/mol. The van der Waals surface area contributed by atoms with Crippen molar-refractivity contribution in [2.75, 3.05) is 0 Å². The third-order valence-electron chi connectivity index (χ3n) is 4.06. The highest BCUT2D eigenvalue weighted by atomic mass is 79.9. The minimum atomic E-state index is -0.308. The van der Waals surface area contributed by atoms with E-state index in [1.165, 1.54) is 37.8 Å². The fourth-order valence-corrected chi connectivity index (χ4v) is 3.40. The molecule has 21 heavy (non-hydrogen) atoms. The molecular weight excluding hydrogens is 337 g/mol. The molecule has 1 fully saturated rings. The lowest BCUT2D eigenvalue weighted by atomic mass is 9.96. The van der Waals surface area contributed by atoms with Gasteiger partial charge in [-0.3, -0.25) is 0 Å². The highest BCUT2D eigenvalue weighted by Gasteiger charge is 2.24. The first-order valence-electron chi connectivity index (χ1n) is 7.17. The summed E-state index contributed by atoms with van der Waals surface area (Å²) in [7, 11) is 0. The van der Waals surface area contributed by atoms with Crippen LogP contribution in [-0.2, 0) is 6.42 Å². The Bertz CT molecular complexity index is 625. The fourth-order valence-electron chi connectivity index (χ4n) is 2.87. The molecule has 1 unspecified atom stereocenters. The Kier molecular flexibility index (Phi) is 4.35. The minimum absolute atomic E-state index is 0.0671. The molecule has 1 heterocycles. The predicted octanol–water partition coefficient (Wildman–Crippen LogP) is 3.70. The van der Waals surface area contributed by atoms with Gasteiger partial charge in [0.05, 0.1) is 0 Å². The van der Waals surface area contributed by atoms with E-state index in [4.69, 9.17) is 10.3 Å². The summed E-state index contributed by atoms with van der Waals surface area (Å²) in [6, 6.07) is 4.46. The number of nitrogens with two attached hydrogens (primary N) is 1. The number of rotatable bonds is 4. The first-order chi connectivity index (χ1) is 10.1. The van der Waals surface area contributed by atoms with Crippen molar-refractivity contribution in [3.63, 3.8) is 0 Å². The van der Waals surface area contributed by atoms with Crippen LogP contribution in [0, 0.1) is 11.7 Å². The Morgan fingerprint density at radius 1 is 1.38 bits per heavy atom. The summed E-state index contributed by atoms with van der Waals surface area (Å²) < 4.78 is 19.0. The first kappa shape index (κ1) is 14.7. The number of hydrogen-bond donors (Lipinski definition) is 1. The second kappa shape index (κ2) is 6.23. The largest absolute Gasteiger partial charge is 0.339 e. The van der Waals surface area contributed by atoms with Crippen molar-refractivity contribution < 1.29 is 8.91 Å². The quantitative estimate of drug-likeness (QED) is 0.909. The number of nitrogens with zero attached hydrogens (tertiary/aromatic N) is 2. The van der Waals surface area contributed by atoms with Gasteiger partial charge in [-0.1, -0.05) is 18.0 Å². The zero-order valence-corrected chi connectivity index (χ0v) is 13.1. The van der Waals surface area contributed by atoms with Crippen molar-refractivity contribution in [2.45, 2.75) is 38.1 Å². The average Bonchev–Trinajstić information content (AvgIpc) is 3.09. The van der Waals surface area contributed by atoms with Gasteiger partial charge in [0.1, 0.15) is 5.82 Å². The highest BCUT2D eigenvalue weighted by Crippen LogP contribution is 2.29. The van der Waals surface area contributed by atoms with Crippen LogP contribution in [0.25, 0.3) is 11.4 Å². The van der Waals surface area contributed by atoms with Crippen LogP contribution >= 0.6 is 15.9 Å². The van der Waals surface area contributed by atoms with Gasteiger partial charge in [0.15, 0.2) is 0 Å². The second-order valence-corrected chi connectivity index (χ2v) is 6.40. The maximum absolute atomic E-state index is 13.1. The van der Waals surface area contributed by atoms with Crippen LogP contribution in [0.3, 0.4) is 0 Å². The van der Waals surface area contributed by atoms with Crippen molar-refractivity contribution in [3.8, 4) is 11.4 Å². The smallest absolute Gasteiger partial charge is 0.228 e. The van der Waals surface area contributed by atoms with Gasteiger partial charge in [-0.15, -0.1) is 0 Å². The Morgan fingerprint density at radius 2 is 2.14 bits per heavy atom. The van der Waals surface area contributed by atoms with Crippen molar-refractivity contribution >= 4 is 15.9 Å². The van der Waals surface area contributed by atoms with Gasteiger partial charge in [0.2, 0.25) is 11.7 Å². The molecule has 6 heteroatoms. The SMILES string of the molecule is NC(Cc1nc(-c2ccc(F)cc2Br)no1)C1CCCC1. The van der Waals surface area contributed by atoms with E-state index in [2.05, 4.69) is 26.1 Å². The van der Waals surface area contributed by atoms with Crippen molar-refractivity contribution in [1.29, 1.82) is 0 Å². The zero-order chi connectivity index (χ0) is 14.8. The maximum Gasteiger partial charge on any atom is 0.228 e. The molecule has 0 spiro atoms. The number of aromatic nitrogens is 2. The lowest BCUT2D eigenvalue weighted by Crippen LogP contribution is -2.30. The van der Waals surface area contributed by atoms with Crippen LogP contribution in [0.1, 0.15) is 31.6 Å². The summed E-state index contributed by atoms with van der Waals surface area (Å²) >= 11 is 3.31. The number of hydrogen-bond acceptors (Lipinski definition) is 4. The molecule has 1 aliphatic rings. The molecule has 4 nitrogen and oxygen atoms in total. The molecule has 2 aromatic rings. The topological polar surface area (TPSA) is 64.9 Å². The van der Waals surface area contributed by atoms with E-state index in [1.54, 1.807) is 6.07 Å². The van der Waals surface area contributed by atoms with Crippen LogP contribution in [0.4, 0.5) is 4.39 Å². The Morgan fingerprint density at radius 3 is 2.86 bits per heavy atom. The van der Waals surface area contributed by atoms with Gasteiger partial charge in [-0.05, 0) is 52.9 Å². The van der Waals surface area contributed by atoms with E-state index >= 15 is 0 Å². The molecule has 1 saturated carbocycles. The molecule has 0 saturated heterocycles. The molecular formula is C15H17BrFN3O. The molecule has 0 amide bonds. The van der Waals surface area contributed by atoms with Crippen LogP contribution in [0.5, 0.6) is 0 Å². The minimum Gasteiger partial charge on any atom is -0.339 e. The molecule has 1 atom stereocenters. The third kappa shape index (κ3) is 3.32. The zero-order valence-electron chi connectivity index (χ0n) is 11.6. The van der Waals surface area contributed by atoms with Crippen molar-refractivity contribution in [1.82, 2.24) is 10.1 Å². The van der Waals surface area contributed by atoms with E-state index in [9.17, 15) is 4.39 Å². The summed E-state index contributed by atoms with van der Waals surface area (Å²) in [5.41, 5.74) is 6.93. The van der Waals surface area contributed by atoms with Crippen molar-refractivity contribution in [3.05, 3.63) is 34.4 Å². The molecule has 1 aliphatic carbocycles. The third-order valence-corrected chi connectivity index (χ3v) is 4.71. The van der Waals surface area contributed by atoms with E-state index in [0.29, 0.717) is 34.1 Å². The normalized spacial score (nSPS) is 17.3. The lowest BCUT2D eigenvalue weighted by molar-refractivity contribution is 0.341. The monoisotopic (exact) mass is 353 g/mol. The fraction of sp³-hybridized carbons (Fsp3) is 0.467. The standard InChI is InChI=1S/C15H17BrFN3O/c16-12-7-10(17)5-6-11(12)15-19-14(21-20-15)8-13(18)9-3-1-2-4-9/h5-7,9,13H,1-4,8,18H2. The van der Waals surface area contributed by atoms with Crippen LogP contribution in [0.15, 0.2) is 27.2 Å². The van der Waals surface area contributed by atoms with Gasteiger partial charge in [0, 0.05) is 22.5 Å². The van der Waals surface area contributed by atoms with E-state index in [0.717, 1.165) is 0 Å². The Hall–Kier alpha value is -1.27. The summed E-state index contributed by atoms with van der Waals surface area (Å²) in [5.74, 6) is 1.24. The highest BCUT2D eigenvalue weighted by molar-refractivity contribution is 9.10. The van der Waals surface area contributed by atoms with E-state index in [1.807, 2.05) is 0 Å². The molecule has 2 N–H and O–H groups in total. The summed E-state index contributed by atoms with van der Waals surface area (Å²) in [4.78, 5) is 4.37. The number of halogens is 2. The summed E-state index contributed by atoms with van der Waals surface area (Å²) in [6.45, 7) is 0. The molecule has 1 aromatic heterocycles. The summed E-state index contributed by atoms with van der Waals surface area (Å²) in [6.07, 6.45) is 5.49. The van der Waals surface area contributed by atoms with Gasteiger partial charge >= 0.3 is 0 Å². The van der Waals surface area contributed by atoms with Crippen LogP contribution in [0.2, 0.25) is 0 Å². The van der Waals surface area contributed by atoms with Crippen LogP contribution in [-0.4, -0.2) is 16.2 Å². The van der Waals surface area contributed by atoms with Crippen molar-refractivity contribution in [2.24, 2.45) is 11.7 Å². The van der Waals surface area contributed by atoms with E-state index in [-0.39, 0.29) is 11.9 Å². The first-order valence-corrected chi connectivity index (χ1v) is 7.96. The van der Waals surface area contributed by atoms with Gasteiger partial charge < -0.3 is 10.3 Å². The van der Waals surface area contributed by atoms with E-state index < -0.39 is 0 Å². The second-order valence-electron chi connectivity index (χ2n) is 5.55. The summed E-state index contributed by atoms with van der Waals surface area (Å²) in [5, 5.41) is 3.96. The maximum atomic E-state index is 13.1.